The molecule has 0 saturated heterocycles. The lowest BCUT2D eigenvalue weighted by Gasteiger charge is -2.22. The average molecular weight is 249 g/mol. The Hall–Kier alpha value is -1.75. The van der Waals surface area contributed by atoms with Crippen molar-refractivity contribution in [1.82, 2.24) is 0 Å². The molecule has 2 unspecified atom stereocenters. The number of fused-ring (bicyclic) bond motifs is 1. The summed E-state index contributed by atoms with van der Waals surface area (Å²) in [6.07, 6.45) is 0.391. The molecule has 0 aliphatic carbocycles. The summed E-state index contributed by atoms with van der Waals surface area (Å²) >= 11 is 0. The van der Waals surface area contributed by atoms with E-state index in [1.54, 1.807) is 0 Å². The lowest BCUT2D eigenvalue weighted by molar-refractivity contribution is -0.115. The van der Waals surface area contributed by atoms with Gasteiger partial charge in [0.25, 0.3) is 0 Å². The first-order valence-corrected chi connectivity index (χ1v) is 6.11. The molecule has 98 valence electrons. The van der Waals surface area contributed by atoms with E-state index in [4.69, 9.17) is 10.8 Å². The van der Waals surface area contributed by atoms with Gasteiger partial charge in [0.1, 0.15) is 0 Å². The Balaban J connectivity index is 2.20. The minimum absolute atomic E-state index is 0.00155. The van der Waals surface area contributed by atoms with Gasteiger partial charge in [-0.1, -0.05) is 6.92 Å². The molecular formula is C13H19N3O2. The maximum Gasteiger partial charge on any atom is 0.228 e. The van der Waals surface area contributed by atoms with E-state index in [1.165, 1.54) is 0 Å². The Bertz CT molecular complexity index is 474. The third kappa shape index (κ3) is 2.41. The van der Waals surface area contributed by atoms with Crippen LogP contribution >= 0.6 is 0 Å². The fourth-order valence-corrected chi connectivity index (χ4v) is 1.96. The van der Waals surface area contributed by atoms with Gasteiger partial charge in [-0.2, -0.15) is 0 Å². The molecular weight excluding hydrogens is 230 g/mol. The van der Waals surface area contributed by atoms with Crippen LogP contribution in [0.4, 0.5) is 17.1 Å². The van der Waals surface area contributed by atoms with Crippen LogP contribution in [0.25, 0.3) is 0 Å². The molecule has 1 aromatic rings. The molecule has 1 heterocycles. The zero-order chi connectivity index (χ0) is 13.3. The van der Waals surface area contributed by atoms with Crippen LogP contribution in [0.15, 0.2) is 12.1 Å². The topological polar surface area (TPSA) is 87.4 Å². The summed E-state index contributed by atoms with van der Waals surface area (Å²) in [4.78, 5) is 11.3. The second-order valence-corrected chi connectivity index (χ2v) is 4.91. The first-order chi connectivity index (χ1) is 8.51. The standard InChI is InChI=1S/C13H19N3O2/c1-7(6-17)8(2)15-12-5-11-9(3-10(12)14)4-13(18)16-11/h3,5,7-8,15,17H,4,6,14H2,1-2H3,(H,16,18). The number of anilines is 3. The fourth-order valence-electron chi connectivity index (χ4n) is 1.96. The summed E-state index contributed by atoms with van der Waals surface area (Å²) in [7, 11) is 0. The van der Waals surface area contributed by atoms with E-state index >= 15 is 0 Å². The van der Waals surface area contributed by atoms with Gasteiger partial charge in [0.05, 0.1) is 17.8 Å². The molecule has 0 fully saturated rings. The zero-order valence-corrected chi connectivity index (χ0v) is 10.7. The molecule has 0 spiro atoms. The average Bonchev–Trinajstić information content (AvgIpc) is 2.67. The van der Waals surface area contributed by atoms with Crippen LogP contribution in [0.2, 0.25) is 0 Å². The highest BCUT2D eigenvalue weighted by molar-refractivity contribution is 6.00. The van der Waals surface area contributed by atoms with Crippen LogP contribution in [0.5, 0.6) is 0 Å². The molecule has 2 rings (SSSR count). The molecule has 5 N–H and O–H groups in total. The van der Waals surface area contributed by atoms with E-state index in [9.17, 15) is 4.79 Å². The van der Waals surface area contributed by atoms with Crippen molar-refractivity contribution in [2.75, 3.05) is 23.0 Å². The molecule has 1 aromatic carbocycles. The first kappa shape index (κ1) is 12.7. The largest absolute Gasteiger partial charge is 0.397 e. The van der Waals surface area contributed by atoms with Gasteiger partial charge < -0.3 is 21.5 Å². The molecule has 5 heteroatoms. The van der Waals surface area contributed by atoms with Crippen LogP contribution in [0.1, 0.15) is 19.4 Å². The van der Waals surface area contributed by atoms with Crippen LogP contribution in [0, 0.1) is 5.92 Å². The van der Waals surface area contributed by atoms with Gasteiger partial charge in [-0.3, -0.25) is 4.79 Å². The third-order valence-corrected chi connectivity index (χ3v) is 3.43. The summed E-state index contributed by atoms with van der Waals surface area (Å²) in [5, 5.41) is 15.2. The Labute approximate surface area is 106 Å². The normalized spacial score (nSPS) is 16.9. The van der Waals surface area contributed by atoms with E-state index in [2.05, 4.69) is 10.6 Å². The van der Waals surface area contributed by atoms with E-state index in [-0.39, 0.29) is 24.5 Å². The molecule has 2 atom stereocenters. The number of aliphatic hydroxyl groups is 1. The molecule has 1 aliphatic rings. The van der Waals surface area contributed by atoms with Gasteiger partial charge in [0.15, 0.2) is 0 Å². The minimum Gasteiger partial charge on any atom is -0.397 e. The number of nitrogens with one attached hydrogen (secondary N) is 2. The van der Waals surface area contributed by atoms with Crippen LogP contribution in [-0.2, 0) is 11.2 Å². The number of carbonyl (C=O) groups is 1. The molecule has 1 aliphatic heterocycles. The molecule has 0 bridgehead atoms. The summed E-state index contributed by atoms with van der Waals surface area (Å²) in [5.41, 5.74) is 9.14. The third-order valence-electron chi connectivity index (χ3n) is 3.43. The Morgan fingerprint density at radius 1 is 1.50 bits per heavy atom. The minimum atomic E-state index is -0.00155. The van der Waals surface area contributed by atoms with E-state index < -0.39 is 0 Å². The summed E-state index contributed by atoms with van der Waals surface area (Å²) in [6, 6.07) is 3.79. The highest BCUT2D eigenvalue weighted by Crippen LogP contribution is 2.32. The molecule has 1 amide bonds. The fraction of sp³-hybridized carbons (Fsp3) is 0.462. The smallest absolute Gasteiger partial charge is 0.228 e. The predicted molar refractivity (Wildman–Crippen MR) is 72.5 cm³/mol. The maximum absolute atomic E-state index is 11.3. The van der Waals surface area contributed by atoms with Crippen molar-refractivity contribution in [3.05, 3.63) is 17.7 Å². The number of hydrogen-bond acceptors (Lipinski definition) is 4. The number of nitrogens with two attached hydrogens (primary N) is 1. The number of carbonyl (C=O) groups excluding carboxylic acids is 1. The number of benzene rings is 1. The molecule has 0 saturated carbocycles. The van der Waals surface area contributed by atoms with Crippen molar-refractivity contribution in [2.45, 2.75) is 26.3 Å². The van der Waals surface area contributed by atoms with Gasteiger partial charge in [0, 0.05) is 18.3 Å². The van der Waals surface area contributed by atoms with E-state index in [0.29, 0.717) is 12.1 Å². The lowest BCUT2D eigenvalue weighted by atomic mass is 10.0. The number of nitrogen functional groups attached to an aromatic ring is 1. The maximum atomic E-state index is 11.3. The van der Waals surface area contributed by atoms with Gasteiger partial charge in [-0.15, -0.1) is 0 Å². The molecule has 18 heavy (non-hydrogen) atoms. The van der Waals surface area contributed by atoms with Crippen molar-refractivity contribution < 1.29 is 9.90 Å². The monoisotopic (exact) mass is 249 g/mol. The number of rotatable bonds is 4. The Morgan fingerprint density at radius 2 is 2.22 bits per heavy atom. The van der Waals surface area contributed by atoms with Gasteiger partial charge in [-0.05, 0) is 30.5 Å². The van der Waals surface area contributed by atoms with Crippen LogP contribution in [0.3, 0.4) is 0 Å². The number of hydrogen-bond donors (Lipinski definition) is 4. The SMILES string of the molecule is CC(CO)C(C)Nc1cc2c(cc1N)CC(=O)N2. The molecule has 5 nitrogen and oxygen atoms in total. The van der Waals surface area contributed by atoms with Gasteiger partial charge in [-0.25, -0.2) is 0 Å². The molecule has 0 aromatic heterocycles. The van der Waals surface area contributed by atoms with Crippen LogP contribution in [-0.4, -0.2) is 23.7 Å². The second kappa shape index (κ2) is 4.86. The van der Waals surface area contributed by atoms with Gasteiger partial charge in [0.2, 0.25) is 5.91 Å². The lowest BCUT2D eigenvalue weighted by Crippen LogP contribution is -2.26. The van der Waals surface area contributed by atoms with Crippen molar-refractivity contribution >= 4 is 23.0 Å². The summed E-state index contributed by atoms with van der Waals surface area (Å²) in [6.45, 7) is 4.07. The summed E-state index contributed by atoms with van der Waals surface area (Å²) in [5.74, 6) is 0.130. The van der Waals surface area contributed by atoms with E-state index in [1.807, 2.05) is 26.0 Å². The number of amides is 1. The quantitative estimate of drug-likeness (QED) is 0.604. The van der Waals surface area contributed by atoms with Crippen molar-refractivity contribution in [3.8, 4) is 0 Å². The number of aliphatic hydroxyl groups excluding tert-OH is 1. The predicted octanol–water partition coefficient (Wildman–Crippen LogP) is 1.19. The summed E-state index contributed by atoms with van der Waals surface area (Å²) < 4.78 is 0. The van der Waals surface area contributed by atoms with Gasteiger partial charge >= 0.3 is 0 Å². The van der Waals surface area contributed by atoms with E-state index in [0.717, 1.165) is 16.9 Å². The highest BCUT2D eigenvalue weighted by atomic mass is 16.3. The Morgan fingerprint density at radius 3 is 2.89 bits per heavy atom. The van der Waals surface area contributed by atoms with Crippen molar-refractivity contribution in [2.24, 2.45) is 5.92 Å². The second-order valence-electron chi connectivity index (χ2n) is 4.91. The highest BCUT2D eigenvalue weighted by Gasteiger charge is 2.20. The molecule has 0 radical (unpaired) electrons. The zero-order valence-electron chi connectivity index (χ0n) is 10.7. The first-order valence-electron chi connectivity index (χ1n) is 6.11. The van der Waals surface area contributed by atoms with Crippen molar-refractivity contribution in [1.29, 1.82) is 0 Å². The van der Waals surface area contributed by atoms with Crippen molar-refractivity contribution in [3.63, 3.8) is 0 Å². The Kier molecular flexibility index (Phi) is 3.43. The van der Waals surface area contributed by atoms with Crippen LogP contribution < -0.4 is 16.4 Å².